The molecule has 2 amide bonds. The Hall–Kier alpha value is -3.57. The van der Waals surface area contributed by atoms with Crippen LogP contribution in [0.4, 0.5) is 10.5 Å². The number of urea groups is 1. The third-order valence-electron chi connectivity index (χ3n) is 5.34. The van der Waals surface area contributed by atoms with Crippen LogP contribution in [0.5, 0.6) is 0 Å². The SMILES string of the molecule is Cc1ccc2cc(CN(CCc3ccccc3)C(=O)Nc3ccc(Cl)cc3)c(=O)[nH]c2c1. The van der Waals surface area contributed by atoms with Crippen LogP contribution in [0.1, 0.15) is 16.7 Å². The first kappa shape index (κ1) is 21.7. The van der Waals surface area contributed by atoms with Crippen molar-refractivity contribution < 1.29 is 4.79 Å². The lowest BCUT2D eigenvalue weighted by atomic mass is 10.1. The van der Waals surface area contributed by atoms with Crippen molar-refractivity contribution in [2.24, 2.45) is 0 Å². The maximum atomic E-state index is 13.1. The summed E-state index contributed by atoms with van der Waals surface area (Å²) in [6.45, 7) is 2.65. The number of pyridine rings is 1. The second-order valence-electron chi connectivity index (χ2n) is 7.81. The number of amides is 2. The molecule has 1 aromatic heterocycles. The highest BCUT2D eigenvalue weighted by Gasteiger charge is 2.17. The Labute approximate surface area is 191 Å². The zero-order valence-electron chi connectivity index (χ0n) is 17.8. The third-order valence-corrected chi connectivity index (χ3v) is 5.59. The number of nitrogens with one attached hydrogen (secondary N) is 2. The number of hydrogen-bond donors (Lipinski definition) is 2. The lowest BCUT2D eigenvalue weighted by molar-refractivity contribution is 0.209. The molecule has 0 bridgehead atoms. The van der Waals surface area contributed by atoms with E-state index in [1.54, 1.807) is 29.2 Å². The minimum atomic E-state index is -0.272. The van der Waals surface area contributed by atoms with Gasteiger partial charge in [-0.15, -0.1) is 0 Å². The first-order chi connectivity index (χ1) is 15.5. The van der Waals surface area contributed by atoms with Gasteiger partial charge in [0, 0.05) is 28.3 Å². The molecule has 162 valence electrons. The van der Waals surface area contributed by atoms with Gasteiger partial charge in [-0.3, -0.25) is 4.79 Å². The molecule has 6 heteroatoms. The number of hydrogen-bond acceptors (Lipinski definition) is 2. The Morgan fingerprint density at radius 2 is 1.75 bits per heavy atom. The largest absolute Gasteiger partial charge is 0.322 e. The van der Waals surface area contributed by atoms with Crippen molar-refractivity contribution in [1.29, 1.82) is 0 Å². The number of anilines is 1. The van der Waals surface area contributed by atoms with Gasteiger partial charge in [-0.2, -0.15) is 0 Å². The Bertz CT molecular complexity index is 1280. The number of aromatic amines is 1. The van der Waals surface area contributed by atoms with Crippen molar-refractivity contribution in [1.82, 2.24) is 9.88 Å². The zero-order valence-corrected chi connectivity index (χ0v) is 18.5. The van der Waals surface area contributed by atoms with Crippen LogP contribution < -0.4 is 10.9 Å². The second kappa shape index (κ2) is 9.71. The molecule has 0 atom stereocenters. The molecule has 3 aromatic carbocycles. The normalized spacial score (nSPS) is 10.8. The molecule has 0 aliphatic carbocycles. The van der Waals surface area contributed by atoms with Gasteiger partial charge in [0.15, 0.2) is 0 Å². The number of halogens is 1. The van der Waals surface area contributed by atoms with Gasteiger partial charge in [-0.1, -0.05) is 54.1 Å². The van der Waals surface area contributed by atoms with Crippen LogP contribution in [0.25, 0.3) is 10.9 Å². The fraction of sp³-hybridized carbons (Fsp3) is 0.154. The summed E-state index contributed by atoms with van der Waals surface area (Å²) in [5.74, 6) is 0. The molecule has 4 aromatic rings. The van der Waals surface area contributed by atoms with E-state index in [2.05, 4.69) is 10.3 Å². The van der Waals surface area contributed by atoms with Crippen LogP contribution in [-0.2, 0) is 13.0 Å². The maximum Gasteiger partial charge on any atom is 0.322 e. The number of carbonyl (C=O) groups excluding carboxylic acids is 1. The van der Waals surface area contributed by atoms with Gasteiger partial charge < -0.3 is 15.2 Å². The summed E-state index contributed by atoms with van der Waals surface area (Å²) in [5.41, 5.74) is 3.99. The molecular weight excluding hydrogens is 422 g/mol. The van der Waals surface area contributed by atoms with Crippen molar-refractivity contribution in [2.45, 2.75) is 19.9 Å². The van der Waals surface area contributed by atoms with Crippen molar-refractivity contribution in [2.75, 3.05) is 11.9 Å². The summed E-state index contributed by atoms with van der Waals surface area (Å²) in [4.78, 5) is 30.5. The highest BCUT2D eigenvalue weighted by Crippen LogP contribution is 2.17. The highest BCUT2D eigenvalue weighted by atomic mass is 35.5. The van der Waals surface area contributed by atoms with Gasteiger partial charge >= 0.3 is 6.03 Å². The summed E-state index contributed by atoms with van der Waals surface area (Å²) >= 11 is 5.95. The van der Waals surface area contributed by atoms with Gasteiger partial charge in [0.2, 0.25) is 0 Å². The maximum absolute atomic E-state index is 13.1. The van der Waals surface area contributed by atoms with E-state index >= 15 is 0 Å². The second-order valence-corrected chi connectivity index (χ2v) is 8.25. The van der Waals surface area contributed by atoms with Gasteiger partial charge in [-0.25, -0.2) is 4.79 Å². The van der Waals surface area contributed by atoms with Crippen LogP contribution in [0.3, 0.4) is 0 Å². The van der Waals surface area contributed by atoms with E-state index in [-0.39, 0.29) is 18.1 Å². The zero-order chi connectivity index (χ0) is 22.5. The van der Waals surface area contributed by atoms with E-state index in [1.165, 1.54) is 0 Å². The average molecular weight is 446 g/mol. The monoisotopic (exact) mass is 445 g/mol. The molecule has 5 nitrogen and oxygen atoms in total. The van der Waals surface area contributed by atoms with Crippen LogP contribution in [0, 0.1) is 6.92 Å². The predicted molar refractivity (Wildman–Crippen MR) is 130 cm³/mol. The summed E-state index contributed by atoms with van der Waals surface area (Å²) in [6, 6.07) is 24.4. The summed E-state index contributed by atoms with van der Waals surface area (Å²) in [6.07, 6.45) is 0.680. The number of benzene rings is 3. The molecule has 0 saturated carbocycles. The van der Waals surface area contributed by atoms with Crippen molar-refractivity contribution in [3.8, 4) is 0 Å². The molecule has 32 heavy (non-hydrogen) atoms. The van der Waals surface area contributed by atoms with Crippen molar-refractivity contribution >= 4 is 34.2 Å². The standard InChI is InChI=1S/C26H24ClN3O2/c1-18-7-8-20-16-21(25(31)29-24(20)15-18)17-30(14-13-19-5-3-2-4-6-19)26(32)28-23-11-9-22(27)10-12-23/h2-12,15-16H,13-14,17H2,1H3,(H,28,32)(H,29,31). The minimum absolute atomic E-state index is 0.188. The summed E-state index contributed by atoms with van der Waals surface area (Å²) in [5, 5.41) is 4.44. The lowest BCUT2D eigenvalue weighted by Gasteiger charge is -2.23. The number of fused-ring (bicyclic) bond motifs is 1. The highest BCUT2D eigenvalue weighted by molar-refractivity contribution is 6.30. The van der Waals surface area contributed by atoms with Crippen LogP contribution in [-0.4, -0.2) is 22.5 Å². The van der Waals surface area contributed by atoms with Gasteiger partial charge in [0.1, 0.15) is 0 Å². The molecule has 1 heterocycles. The number of H-pyrrole nitrogens is 1. The van der Waals surface area contributed by atoms with Crippen LogP contribution in [0.2, 0.25) is 5.02 Å². The summed E-state index contributed by atoms with van der Waals surface area (Å²) in [7, 11) is 0. The molecule has 0 radical (unpaired) electrons. The molecule has 4 rings (SSSR count). The molecule has 0 spiro atoms. The number of aromatic nitrogens is 1. The number of nitrogens with zero attached hydrogens (tertiary/aromatic N) is 1. The molecule has 0 fully saturated rings. The first-order valence-electron chi connectivity index (χ1n) is 10.5. The Morgan fingerprint density at radius 3 is 2.50 bits per heavy atom. The van der Waals surface area contributed by atoms with E-state index in [9.17, 15) is 9.59 Å². The predicted octanol–water partition coefficient (Wildman–Crippen LogP) is 5.77. The quantitative estimate of drug-likeness (QED) is 0.396. The average Bonchev–Trinajstić information content (AvgIpc) is 2.79. The van der Waals surface area contributed by atoms with Gasteiger partial charge in [0.05, 0.1) is 6.54 Å². The van der Waals surface area contributed by atoms with E-state index in [4.69, 9.17) is 11.6 Å². The number of aryl methyl sites for hydroxylation is 1. The Morgan fingerprint density at radius 1 is 1.00 bits per heavy atom. The summed E-state index contributed by atoms with van der Waals surface area (Å²) < 4.78 is 0. The fourth-order valence-electron chi connectivity index (χ4n) is 3.58. The number of rotatable bonds is 6. The Balaban J connectivity index is 1.59. The van der Waals surface area contributed by atoms with Crippen molar-refractivity contribution in [3.05, 3.63) is 111 Å². The van der Waals surface area contributed by atoms with E-state index in [0.717, 1.165) is 22.0 Å². The van der Waals surface area contributed by atoms with Crippen LogP contribution >= 0.6 is 11.6 Å². The molecule has 0 unspecified atom stereocenters. The van der Waals surface area contributed by atoms with E-state index in [0.29, 0.717) is 29.2 Å². The minimum Gasteiger partial charge on any atom is -0.322 e. The third kappa shape index (κ3) is 5.37. The van der Waals surface area contributed by atoms with Gasteiger partial charge in [0.25, 0.3) is 5.56 Å². The Kier molecular flexibility index (Phi) is 6.57. The molecule has 0 aliphatic heterocycles. The first-order valence-corrected chi connectivity index (χ1v) is 10.8. The molecule has 0 saturated heterocycles. The topological polar surface area (TPSA) is 65.2 Å². The van der Waals surface area contributed by atoms with E-state index in [1.807, 2.05) is 61.5 Å². The number of carbonyl (C=O) groups is 1. The lowest BCUT2D eigenvalue weighted by Crippen LogP contribution is -2.37. The van der Waals surface area contributed by atoms with Gasteiger partial charge in [-0.05, 0) is 66.3 Å². The molecule has 2 N–H and O–H groups in total. The van der Waals surface area contributed by atoms with Crippen LogP contribution in [0.15, 0.2) is 83.7 Å². The van der Waals surface area contributed by atoms with E-state index < -0.39 is 0 Å². The molecule has 0 aliphatic rings. The molecular formula is C26H24ClN3O2. The van der Waals surface area contributed by atoms with Crippen molar-refractivity contribution in [3.63, 3.8) is 0 Å². The smallest absolute Gasteiger partial charge is 0.322 e. The fourth-order valence-corrected chi connectivity index (χ4v) is 3.71.